The van der Waals surface area contributed by atoms with E-state index >= 15 is 0 Å². The van der Waals surface area contributed by atoms with Crippen LogP contribution in [-0.2, 0) is 11.3 Å². The van der Waals surface area contributed by atoms with Crippen LogP contribution in [0.5, 0.6) is 0 Å². The van der Waals surface area contributed by atoms with E-state index in [2.05, 4.69) is 23.4 Å². The number of amides is 1. The van der Waals surface area contributed by atoms with E-state index in [1.165, 1.54) is 32.1 Å². The second-order valence-corrected chi connectivity index (χ2v) is 8.57. The topological polar surface area (TPSA) is 58.4 Å². The summed E-state index contributed by atoms with van der Waals surface area (Å²) >= 11 is 0. The molecule has 1 aromatic heterocycles. The van der Waals surface area contributed by atoms with Gasteiger partial charge in [-0.3, -0.25) is 4.79 Å². The summed E-state index contributed by atoms with van der Waals surface area (Å²) in [7, 11) is 0. The van der Waals surface area contributed by atoms with E-state index in [1.807, 2.05) is 6.20 Å². The van der Waals surface area contributed by atoms with Gasteiger partial charge in [0.15, 0.2) is 0 Å². The van der Waals surface area contributed by atoms with Crippen LogP contribution in [-0.4, -0.2) is 31.7 Å². The molecule has 1 aromatic rings. The summed E-state index contributed by atoms with van der Waals surface area (Å²) in [6.45, 7) is 4.88. The van der Waals surface area contributed by atoms with Crippen molar-refractivity contribution in [3.05, 3.63) is 18.2 Å². The van der Waals surface area contributed by atoms with E-state index in [4.69, 9.17) is 0 Å². The quantitative estimate of drug-likeness (QED) is 0.922. The molecule has 0 radical (unpaired) electrons. The molecule has 5 nitrogen and oxygen atoms in total. The van der Waals surface area contributed by atoms with E-state index in [0.29, 0.717) is 12.5 Å². The van der Waals surface area contributed by atoms with Crippen LogP contribution in [0.1, 0.15) is 70.5 Å². The number of hydrogen-bond donors (Lipinski definition) is 1. The largest absolute Gasteiger partial charge is 0.373 e. The lowest BCUT2D eigenvalue weighted by Gasteiger charge is -2.45. The molecule has 1 amide bonds. The van der Waals surface area contributed by atoms with Gasteiger partial charge in [-0.2, -0.15) is 0 Å². The number of carbonyl (C=O) groups is 1. The summed E-state index contributed by atoms with van der Waals surface area (Å²) in [4.78, 5) is 19.4. The minimum absolute atomic E-state index is 0.0791. The number of nitrogens with zero attached hydrogens (tertiary/aromatic N) is 3. The molecular formula is C19H29N3O2. The molecule has 0 aromatic carbocycles. The Morgan fingerprint density at radius 2 is 1.92 bits per heavy atom. The van der Waals surface area contributed by atoms with E-state index in [9.17, 15) is 9.90 Å². The monoisotopic (exact) mass is 331 g/mol. The Morgan fingerprint density at radius 1 is 1.21 bits per heavy atom. The first-order valence-corrected chi connectivity index (χ1v) is 9.49. The number of aliphatic hydroxyl groups is 1. The van der Waals surface area contributed by atoms with Crippen LogP contribution in [0.3, 0.4) is 0 Å². The molecule has 0 spiro atoms. The minimum atomic E-state index is -0.654. The van der Waals surface area contributed by atoms with Crippen LogP contribution in [0.2, 0.25) is 0 Å². The van der Waals surface area contributed by atoms with Gasteiger partial charge >= 0.3 is 0 Å². The number of imidazole rings is 1. The van der Waals surface area contributed by atoms with E-state index in [1.54, 1.807) is 11.2 Å². The molecule has 5 heteroatoms. The zero-order chi connectivity index (χ0) is 16.9. The van der Waals surface area contributed by atoms with Crippen LogP contribution in [0.4, 0.5) is 0 Å². The number of aromatic nitrogens is 2. The molecule has 2 atom stereocenters. The molecule has 1 N–H and O–H groups in total. The van der Waals surface area contributed by atoms with Crippen LogP contribution >= 0.6 is 0 Å². The van der Waals surface area contributed by atoms with Crippen molar-refractivity contribution in [1.29, 1.82) is 0 Å². The highest BCUT2D eigenvalue weighted by molar-refractivity contribution is 5.82. The van der Waals surface area contributed by atoms with Gasteiger partial charge in [0.25, 0.3) is 0 Å². The van der Waals surface area contributed by atoms with Crippen molar-refractivity contribution in [1.82, 2.24) is 14.5 Å². The Morgan fingerprint density at radius 3 is 2.58 bits per heavy atom. The zero-order valence-corrected chi connectivity index (χ0v) is 14.8. The standard InChI is InChI=1S/C19H29N3O2/c1-19(2,14-8-9-14)16-18(24)21(11-15-10-20-12-22(15)16)17(23)13-6-4-3-5-7-13/h10,12-14,16-17,23H,3-9,11H2,1-2H3. The highest BCUT2D eigenvalue weighted by atomic mass is 16.3. The van der Waals surface area contributed by atoms with Gasteiger partial charge in [-0.15, -0.1) is 0 Å². The van der Waals surface area contributed by atoms with Crippen LogP contribution in [0.15, 0.2) is 12.5 Å². The summed E-state index contributed by atoms with van der Waals surface area (Å²) in [6.07, 6.45) is 11.0. The lowest BCUT2D eigenvalue weighted by molar-refractivity contribution is -0.159. The Bertz CT molecular complexity index is 614. The average molecular weight is 331 g/mol. The summed E-state index contributed by atoms with van der Waals surface area (Å²) < 4.78 is 2.06. The minimum Gasteiger partial charge on any atom is -0.373 e. The Hall–Kier alpha value is -1.36. The van der Waals surface area contributed by atoms with Crippen molar-refractivity contribution < 1.29 is 9.90 Å². The van der Waals surface area contributed by atoms with Gasteiger partial charge < -0.3 is 14.6 Å². The number of carbonyl (C=O) groups excluding carboxylic acids is 1. The lowest BCUT2D eigenvalue weighted by Crippen LogP contribution is -2.54. The Balaban J connectivity index is 1.64. The van der Waals surface area contributed by atoms with Gasteiger partial charge in [-0.1, -0.05) is 33.1 Å². The molecular weight excluding hydrogens is 302 g/mol. The molecule has 1 aliphatic heterocycles. The maximum atomic E-state index is 13.4. The van der Waals surface area contributed by atoms with E-state index < -0.39 is 6.23 Å². The number of rotatable bonds is 4. The number of hydrogen-bond acceptors (Lipinski definition) is 3. The van der Waals surface area contributed by atoms with Gasteiger partial charge in [0.05, 0.1) is 18.6 Å². The normalized spacial score (nSPS) is 27.2. The van der Waals surface area contributed by atoms with Crippen molar-refractivity contribution in [2.75, 3.05) is 0 Å². The van der Waals surface area contributed by atoms with Gasteiger partial charge in [-0.05, 0) is 37.0 Å². The van der Waals surface area contributed by atoms with E-state index in [0.717, 1.165) is 18.5 Å². The number of aliphatic hydroxyl groups excluding tert-OH is 1. The molecule has 2 unspecified atom stereocenters. The molecule has 0 bridgehead atoms. The van der Waals surface area contributed by atoms with Crippen LogP contribution < -0.4 is 0 Å². The van der Waals surface area contributed by atoms with Crippen molar-refractivity contribution in [3.8, 4) is 0 Å². The predicted octanol–water partition coefficient (Wildman–Crippen LogP) is 3.10. The SMILES string of the molecule is CC(C)(C1CC1)C1C(=O)N(C(O)C2CCCCC2)Cc2cncn21. The molecule has 3 aliphatic rings. The fraction of sp³-hybridized carbons (Fsp3) is 0.789. The third-order valence-corrected chi connectivity index (χ3v) is 6.60. The smallest absolute Gasteiger partial charge is 0.248 e. The third-order valence-electron chi connectivity index (χ3n) is 6.60. The first-order valence-electron chi connectivity index (χ1n) is 9.49. The Labute approximate surface area is 144 Å². The molecule has 2 aliphatic carbocycles. The van der Waals surface area contributed by atoms with Crippen LogP contribution in [0, 0.1) is 17.3 Å². The fourth-order valence-corrected chi connectivity index (χ4v) is 4.85. The molecule has 0 saturated heterocycles. The summed E-state index contributed by atoms with van der Waals surface area (Å²) in [6, 6.07) is -0.241. The maximum absolute atomic E-state index is 13.4. The Kier molecular flexibility index (Phi) is 3.94. The lowest BCUT2D eigenvalue weighted by atomic mass is 9.77. The maximum Gasteiger partial charge on any atom is 0.248 e. The first-order chi connectivity index (χ1) is 11.5. The highest BCUT2D eigenvalue weighted by Gasteiger charge is 2.51. The van der Waals surface area contributed by atoms with Crippen molar-refractivity contribution in [2.45, 2.75) is 77.6 Å². The predicted molar refractivity (Wildman–Crippen MR) is 90.9 cm³/mol. The number of fused-ring (bicyclic) bond motifs is 1. The molecule has 2 fully saturated rings. The van der Waals surface area contributed by atoms with Gasteiger partial charge in [0.1, 0.15) is 12.3 Å². The van der Waals surface area contributed by atoms with Gasteiger partial charge in [0.2, 0.25) is 5.91 Å². The molecule has 4 rings (SSSR count). The second-order valence-electron chi connectivity index (χ2n) is 8.57. The summed E-state index contributed by atoms with van der Waals surface area (Å²) in [5.74, 6) is 0.894. The molecule has 132 valence electrons. The van der Waals surface area contributed by atoms with Gasteiger partial charge in [0, 0.05) is 12.1 Å². The summed E-state index contributed by atoms with van der Waals surface area (Å²) in [5, 5.41) is 10.9. The first kappa shape index (κ1) is 16.1. The van der Waals surface area contributed by atoms with Crippen molar-refractivity contribution >= 4 is 5.91 Å². The van der Waals surface area contributed by atoms with Crippen molar-refractivity contribution in [2.24, 2.45) is 17.3 Å². The molecule has 2 heterocycles. The highest BCUT2D eigenvalue weighted by Crippen LogP contribution is 2.53. The van der Waals surface area contributed by atoms with E-state index in [-0.39, 0.29) is 23.3 Å². The fourth-order valence-electron chi connectivity index (χ4n) is 4.85. The van der Waals surface area contributed by atoms with Crippen LogP contribution in [0.25, 0.3) is 0 Å². The second kappa shape index (κ2) is 5.87. The third kappa shape index (κ3) is 2.57. The summed E-state index contributed by atoms with van der Waals surface area (Å²) in [5.41, 5.74) is 0.945. The van der Waals surface area contributed by atoms with Gasteiger partial charge in [-0.25, -0.2) is 4.98 Å². The molecule has 2 saturated carbocycles. The van der Waals surface area contributed by atoms with Crippen molar-refractivity contribution in [3.63, 3.8) is 0 Å². The molecule has 24 heavy (non-hydrogen) atoms. The zero-order valence-electron chi connectivity index (χ0n) is 14.8. The average Bonchev–Trinajstić information content (AvgIpc) is 3.34.